The summed E-state index contributed by atoms with van der Waals surface area (Å²) >= 11 is 0. The van der Waals surface area contributed by atoms with Gasteiger partial charge in [0.15, 0.2) is 0 Å². The first-order chi connectivity index (χ1) is 8.16. The lowest BCUT2D eigenvalue weighted by atomic mass is 10.1. The number of nitrogens with two attached hydrogens (primary N) is 1. The molecule has 1 aliphatic rings. The lowest BCUT2D eigenvalue weighted by molar-refractivity contribution is 0.531. The fourth-order valence-electron chi connectivity index (χ4n) is 2.61. The molecule has 3 heteroatoms. The zero-order chi connectivity index (χ0) is 12.3. The fourth-order valence-corrected chi connectivity index (χ4v) is 2.61. The van der Waals surface area contributed by atoms with Crippen molar-refractivity contribution < 1.29 is 0 Å². The summed E-state index contributed by atoms with van der Waals surface area (Å²) in [4.78, 5) is 6.95. The summed E-state index contributed by atoms with van der Waals surface area (Å²) in [7, 11) is 0. The number of hydrogen-bond acceptors (Lipinski definition) is 3. The molecular weight excluding hydrogens is 210 g/mol. The first-order valence-corrected chi connectivity index (χ1v) is 6.65. The molecule has 1 saturated carbocycles. The van der Waals surface area contributed by atoms with E-state index >= 15 is 0 Å². The number of pyridine rings is 1. The van der Waals surface area contributed by atoms with Crippen molar-refractivity contribution in [2.75, 3.05) is 17.2 Å². The van der Waals surface area contributed by atoms with Gasteiger partial charge >= 0.3 is 0 Å². The van der Waals surface area contributed by atoms with Gasteiger partial charge in [0, 0.05) is 12.6 Å². The van der Waals surface area contributed by atoms with Gasteiger partial charge in [-0.3, -0.25) is 0 Å². The van der Waals surface area contributed by atoms with E-state index < -0.39 is 0 Å². The Balaban J connectivity index is 2.16. The van der Waals surface area contributed by atoms with Crippen LogP contribution in [0.25, 0.3) is 0 Å². The van der Waals surface area contributed by atoms with E-state index in [1.807, 2.05) is 6.07 Å². The summed E-state index contributed by atoms with van der Waals surface area (Å²) in [6.07, 6.45) is 7.08. The minimum absolute atomic E-state index is 0.662. The lowest BCUT2D eigenvalue weighted by Gasteiger charge is -2.31. The van der Waals surface area contributed by atoms with Crippen molar-refractivity contribution in [2.45, 2.75) is 45.6 Å². The summed E-state index contributed by atoms with van der Waals surface area (Å²) in [5, 5.41) is 0. The second-order valence-electron chi connectivity index (χ2n) is 5.43. The molecule has 17 heavy (non-hydrogen) atoms. The van der Waals surface area contributed by atoms with Crippen LogP contribution in [-0.4, -0.2) is 17.6 Å². The van der Waals surface area contributed by atoms with Gasteiger partial charge in [-0.1, -0.05) is 26.7 Å². The molecule has 0 radical (unpaired) electrons. The number of anilines is 2. The molecule has 0 bridgehead atoms. The zero-order valence-corrected chi connectivity index (χ0v) is 10.9. The molecular formula is C14H23N3. The van der Waals surface area contributed by atoms with Crippen LogP contribution in [0.3, 0.4) is 0 Å². The Bertz CT molecular complexity index is 339. The summed E-state index contributed by atoms with van der Waals surface area (Å²) in [5.74, 6) is 1.75. The van der Waals surface area contributed by atoms with Gasteiger partial charge in [0.1, 0.15) is 5.82 Å². The Morgan fingerprint density at radius 3 is 2.59 bits per heavy atom. The first kappa shape index (κ1) is 12.2. The highest BCUT2D eigenvalue weighted by atomic mass is 15.2. The van der Waals surface area contributed by atoms with Crippen LogP contribution >= 0.6 is 0 Å². The number of hydrogen-bond donors (Lipinski definition) is 1. The average molecular weight is 233 g/mol. The van der Waals surface area contributed by atoms with Crippen molar-refractivity contribution in [2.24, 2.45) is 5.92 Å². The molecule has 0 amide bonds. The lowest BCUT2D eigenvalue weighted by Crippen LogP contribution is -2.36. The molecule has 0 atom stereocenters. The summed E-state index contributed by atoms with van der Waals surface area (Å²) in [6, 6.07) is 4.68. The van der Waals surface area contributed by atoms with Gasteiger partial charge < -0.3 is 10.6 Å². The normalized spacial score (nSPS) is 16.6. The molecule has 0 aliphatic heterocycles. The minimum Gasteiger partial charge on any atom is -0.397 e. The van der Waals surface area contributed by atoms with Crippen molar-refractivity contribution in [3.63, 3.8) is 0 Å². The standard InChI is InChI=1S/C14H23N3/c1-11(2)10-17(13-5-3-4-6-13)14-8-7-12(15)9-16-14/h7-9,11,13H,3-6,10,15H2,1-2H3. The molecule has 0 saturated heterocycles. The molecule has 94 valence electrons. The Hall–Kier alpha value is -1.25. The Morgan fingerprint density at radius 2 is 2.06 bits per heavy atom. The molecule has 2 N–H and O–H groups in total. The second-order valence-corrected chi connectivity index (χ2v) is 5.43. The number of rotatable bonds is 4. The molecule has 1 aliphatic carbocycles. The summed E-state index contributed by atoms with van der Waals surface area (Å²) in [6.45, 7) is 5.61. The topological polar surface area (TPSA) is 42.1 Å². The van der Waals surface area contributed by atoms with Gasteiger partial charge in [0.05, 0.1) is 11.9 Å². The Kier molecular flexibility index (Phi) is 3.87. The second kappa shape index (κ2) is 5.39. The third-order valence-electron chi connectivity index (χ3n) is 3.39. The van der Waals surface area contributed by atoms with Crippen LogP contribution in [-0.2, 0) is 0 Å². The monoisotopic (exact) mass is 233 g/mol. The highest BCUT2D eigenvalue weighted by molar-refractivity contribution is 5.46. The largest absolute Gasteiger partial charge is 0.397 e. The van der Waals surface area contributed by atoms with E-state index in [9.17, 15) is 0 Å². The molecule has 0 spiro atoms. The van der Waals surface area contributed by atoms with Gasteiger partial charge in [-0.05, 0) is 30.9 Å². The molecule has 2 rings (SSSR count). The van der Waals surface area contributed by atoms with Crippen LogP contribution < -0.4 is 10.6 Å². The quantitative estimate of drug-likeness (QED) is 0.869. The van der Waals surface area contributed by atoms with E-state index in [2.05, 4.69) is 29.8 Å². The maximum atomic E-state index is 5.70. The molecule has 0 aromatic carbocycles. The highest BCUT2D eigenvalue weighted by Crippen LogP contribution is 2.28. The van der Waals surface area contributed by atoms with Gasteiger partial charge in [0.2, 0.25) is 0 Å². The fraction of sp³-hybridized carbons (Fsp3) is 0.643. The van der Waals surface area contributed by atoms with Crippen molar-refractivity contribution in [3.8, 4) is 0 Å². The number of aromatic nitrogens is 1. The Morgan fingerprint density at radius 1 is 1.35 bits per heavy atom. The number of nitrogen functional groups attached to an aromatic ring is 1. The molecule has 3 nitrogen and oxygen atoms in total. The molecule has 1 aromatic rings. The van der Waals surface area contributed by atoms with Gasteiger partial charge in [-0.25, -0.2) is 4.98 Å². The van der Waals surface area contributed by atoms with Crippen LogP contribution in [0, 0.1) is 5.92 Å². The maximum absolute atomic E-state index is 5.70. The average Bonchev–Trinajstić information content (AvgIpc) is 2.80. The van der Waals surface area contributed by atoms with Crippen molar-refractivity contribution in [1.82, 2.24) is 4.98 Å². The Labute approximate surface area is 104 Å². The predicted octanol–water partition coefficient (Wildman–Crippen LogP) is 3.07. The maximum Gasteiger partial charge on any atom is 0.128 e. The zero-order valence-electron chi connectivity index (χ0n) is 10.9. The SMILES string of the molecule is CC(C)CN(c1ccc(N)cn1)C1CCCC1. The summed E-state index contributed by atoms with van der Waals surface area (Å²) < 4.78 is 0. The smallest absolute Gasteiger partial charge is 0.128 e. The van der Waals surface area contributed by atoms with Crippen LogP contribution in [0.4, 0.5) is 11.5 Å². The van der Waals surface area contributed by atoms with Crippen LogP contribution in [0.5, 0.6) is 0 Å². The molecule has 0 unspecified atom stereocenters. The first-order valence-electron chi connectivity index (χ1n) is 6.65. The van der Waals surface area contributed by atoms with E-state index in [-0.39, 0.29) is 0 Å². The number of nitrogens with zero attached hydrogens (tertiary/aromatic N) is 2. The third kappa shape index (κ3) is 3.11. The third-order valence-corrected chi connectivity index (χ3v) is 3.39. The predicted molar refractivity (Wildman–Crippen MR) is 73.1 cm³/mol. The molecule has 1 fully saturated rings. The van der Waals surface area contributed by atoms with Crippen molar-refractivity contribution >= 4 is 11.5 Å². The van der Waals surface area contributed by atoms with E-state index in [1.165, 1.54) is 25.7 Å². The van der Waals surface area contributed by atoms with Gasteiger partial charge in [-0.15, -0.1) is 0 Å². The van der Waals surface area contributed by atoms with Gasteiger partial charge in [0.25, 0.3) is 0 Å². The van der Waals surface area contributed by atoms with E-state index in [1.54, 1.807) is 6.20 Å². The van der Waals surface area contributed by atoms with E-state index in [4.69, 9.17) is 5.73 Å². The van der Waals surface area contributed by atoms with Gasteiger partial charge in [-0.2, -0.15) is 0 Å². The van der Waals surface area contributed by atoms with Crippen molar-refractivity contribution in [3.05, 3.63) is 18.3 Å². The summed E-state index contributed by atoms with van der Waals surface area (Å²) in [5.41, 5.74) is 6.44. The molecule has 1 heterocycles. The van der Waals surface area contributed by atoms with Crippen LogP contribution in [0.2, 0.25) is 0 Å². The van der Waals surface area contributed by atoms with Crippen molar-refractivity contribution in [1.29, 1.82) is 0 Å². The van der Waals surface area contributed by atoms with Crippen LogP contribution in [0.1, 0.15) is 39.5 Å². The minimum atomic E-state index is 0.662. The highest BCUT2D eigenvalue weighted by Gasteiger charge is 2.24. The molecule has 1 aromatic heterocycles. The van der Waals surface area contributed by atoms with E-state index in [0.29, 0.717) is 12.0 Å². The van der Waals surface area contributed by atoms with E-state index in [0.717, 1.165) is 18.1 Å². The van der Waals surface area contributed by atoms with Crippen LogP contribution in [0.15, 0.2) is 18.3 Å².